The molecule has 0 bridgehead atoms. The van der Waals surface area contributed by atoms with Gasteiger partial charge in [-0.25, -0.2) is 0 Å². The molecule has 1 heteroatoms. The Labute approximate surface area is 83.0 Å². The quantitative estimate of drug-likeness (QED) is 0.604. The molecule has 1 aromatic carbocycles. The Morgan fingerprint density at radius 1 is 0.857 bits per heavy atom. The van der Waals surface area contributed by atoms with Gasteiger partial charge in [-0.15, -0.1) is 0 Å². The molecule has 0 aliphatic heterocycles. The first-order valence-electron chi connectivity index (χ1n) is 4.74. The maximum Gasteiger partial charge on any atom is 0.121 e. The molecule has 68 valence electrons. The summed E-state index contributed by atoms with van der Waals surface area (Å²) in [5, 5.41) is 0. The second kappa shape index (κ2) is 2.88. The molecular formula is C13H10O. The highest BCUT2D eigenvalue weighted by molar-refractivity contribution is 5.83. The van der Waals surface area contributed by atoms with E-state index in [4.69, 9.17) is 4.74 Å². The molecule has 0 aromatic heterocycles. The van der Waals surface area contributed by atoms with Gasteiger partial charge in [-0.3, -0.25) is 0 Å². The summed E-state index contributed by atoms with van der Waals surface area (Å²) in [4.78, 5) is 0. The fourth-order valence-corrected chi connectivity index (χ4v) is 1.55. The summed E-state index contributed by atoms with van der Waals surface area (Å²) in [6.45, 7) is 0.656. The fourth-order valence-electron chi connectivity index (χ4n) is 1.55. The molecule has 3 rings (SSSR count). The molecule has 0 saturated carbocycles. The first-order chi connectivity index (χ1) is 6.92. The Balaban J connectivity index is 1.66. The average molecular weight is 182 g/mol. The van der Waals surface area contributed by atoms with E-state index in [2.05, 4.69) is 30.3 Å². The Kier molecular flexibility index (Phi) is 1.57. The summed E-state index contributed by atoms with van der Waals surface area (Å²) < 4.78 is 5.63. The first kappa shape index (κ1) is 7.63. The van der Waals surface area contributed by atoms with Crippen molar-refractivity contribution in [3.05, 3.63) is 54.1 Å². The van der Waals surface area contributed by atoms with Crippen LogP contribution in [0.15, 0.2) is 48.5 Å². The molecule has 2 aliphatic rings. The maximum atomic E-state index is 5.63. The lowest BCUT2D eigenvalue weighted by atomic mass is 10.2. The minimum absolute atomic E-state index is 0.656. The molecule has 1 nitrogen and oxygen atoms in total. The smallest absolute Gasteiger partial charge is 0.121 e. The number of benzene rings is 2. The van der Waals surface area contributed by atoms with E-state index in [1.807, 2.05) is 18.2 Å². The third-order valence-electron chi connectivity index (χ3n) is 2.40. The van der Waals surface area contributed by atoms with Crippen LogP contribution in [0, 0.1) is 0 Å². The van der Waals surface area contributed by atoms with Crippen LogP contribution >= 0.6 is 0 Å². The van der Waals surface area contributed by atoms with Gasteiger partial charge in [0, 0.05) is 0 Å². The molecule has 0 saturated heterocycles. The SMILES string of the molecule is c1ccc(COc2cc3cc-3c2)cc1. The molecule has 0 fully saturated rings. The van der Waals surface area contributed by atoms with E-state index in [0.29, 0.717) is 6.61 Å². The van der Waals surface area contributed by atoms with E-state index in [1.54, 1.807) is 0 Å². The van der Waals surface area contributed by atoms with Gasteiger partial charge in [0.25, 0.3) is 0 Å². The number of rotatable bonds is 3. The molecule has 0 radical (unpaired) electrons. The summed E-state index contributed by atoms with van der Waals surface area (Å²) >= 11 is 0. The predicted molar refractivity (Wildman–Crippen MR) is 56.2 cm³/mol. The summed E-state index contributed by atoms with van der Waals surface area (Å²) in [5.74, 6) is 0.987. The molecule has 0 unspecified atom stereocenters. The van der Waals surface area contributed by atoms with Crippen LogP contribution in [0.2, 0.25) is 0 Å². The van der Waals surface area contributed by atoms with Gasteiger partial charge in [-0.05, 0) is 34.9 Å². The van der Waals surface area contributed by atoms with Crippen molar-refractivity contribution in [1.29, 1.82) is 0 Å². The monoisotopic (exact) mass is 182 g/mol. The third-order valence-corrected chi connectivity index (χ3v) is 2.40. The minimum atomic E-state index is 0.656. The van der Waals surface area contributed by atoms with Gasteiger partial charge >= 0.3 is 0 Å². The zero-order valence-corrected chi connectivity index (χ0v) is 7.73. The van der Waals surface area contributed by atoms with Crippen LogP contribution in [-0.4, -0.2) is 0 Å². The molecule has 0 amide bonds. The van der Waals surface area contributed by atoms with Crippen molar-refractivity contribution in [2.45, 2.75) is 6.61 Å². The van der Waals surface area contributed by atoms with Gasteiger partial charge in [0.1, 0.15) is 12.4 Å². The zero-order chi connectivity index (χ0) is 9.38. The van der Waals surface area contributed by atoms with Crippen LogP contribution in [0.1, 0.15) is 5.56 Å². The highest BCUT2D eigenvalue weighted by Gasteiger charge is 2.14. The van der Waals surface area contributed by atoms with Crippen molar-refractivity contribution in [3.63, 3.8) is 0 Å². The molecule has 14 heavy (non-hydrogen) atoms. The number of hydrogen-bond acceptors (Lipinski definition) is 1. The molecule has 2 aliphatic carbocycles. The van der Waals surface area contributed by atoms with E-state index < -0.39 is 0 Å². The van der Waals surface area contributed by atoms with Gasteiger partial charge in [0.05, 0.1) is 0 Å². The molecule has 0 atom stereocenters. The highest BCUT2D eigenvalue weighted by atomic mass is 16.5. The lowest BCUT2D eigenvalue weighted by Gasteiger charge is -2.03. The largest absolute Gasteiger partial charge is 0.489 e. The van der Waals surface area contributed by atoms with E-state index in [-0.39, 0.29) is 0 Å². The second-order valence-electron chi connectivity index (χ2n) is 3.52. The normalized spacial score (nSPS) is 11.1. The molecule has 1 aromatic rings. The van der Waals surface area contributed by atoms with Gasteiger partial charge in [0.2, 0.25) is 0 Å². The van der Waals surface area contributed by atoms with Crippen molar-refractivity contribution in [1.82, 2.24) is 0 Å². The Bertz CT molecular complexity index is 438. The average Bonchev–Trinajstić information content (AvgIpc) is 2.85. The standard InChI is InChI=1S/C13H10O/c1-2-4-10(5-3-1)9-14-13-7-11-6-12(11)8-13/h1-8H,9H2. The van der Waals surface area contributed by atoms with Crippen LogP contribution in [0.4, 0.5) is 0 Å². The van der Waals surface area contributed by atoms with Crippen molar-refractivity contribution < 1.29 is 4.74 Å². The van der Waals surface area contributed by atoms with E-state index in [0.717, 1.165) is 5.75 Å². The highest BCUT2D eigenvalue weighted by Crippen LogP contribution is 2.39. The lowest BCUT2D eigenvalue weighted by Crippen LogP contribution is -1.93. The number of ether oxygens (including phenoxy) is 1. The number of hydrogen-bond donors (Lipinski definition) is 0. The summed E-state index contributed by atoms with van der Waals surface area (Å²) in [7, 11) is 0. The van der Waals surface area contributed by atoms with Crippen LogP contribution in [-0.2, 0) is 6.61 Å². The summed E-state index contributed by atoms with van der Waals surface area (Å²) in [6.07, 6.45) is 0. The van der Waals surface area contributed by atoms with Crippen LogP contribution < -0.4 is 4.74 Å². The molecule has 0 N–H and O–H groups in total. The van der Waals surface area contributed by atoms with Crippen molar-refractivity contribution in [2.75, 3.05) is 0 Å². The van der Waals surface area contributed by atoms with Crippen molar-refractivity contribution >= 4 is 0 Å². The maximum absolute atomic E-state index is 5.63. The topological polar surface area (TPSA) is 9.23 Å². The van der Waals surface area contributed by atoms with Crippen LogP contribution in [0.25, 0.3) is 11.1 Å². The summed E-state index contributed by atoms with van der Waals surface area (Å²) in [5.41, 5.74) is 3.86. The second-order valence-corrected chi connectivity index (χ2v) is 3.52. The van der Waals surface area contributed by atoms with Gasteiger partial charge in [-0.2, -0.15) is 0 Å². The van der Waals surface area contributed by atoms with Crippen molar-refractivity contribution in [3.8, 4) is 16.9 Å². The number of fused-ring (bicyclic) bond motifs is 1. The minimum Gasteiger partial charge on any atom is -0.489 e. The van der Waals surface area contributed by atoms with E-state index >= 15 is 0 Å². The van der Waals surface area contributed by atoms with Crippen molar-refractivity contribution in [2.24, 2.45) is 0 Å². The molecule has 0 spiro atoms. The lowest BCUT2D eigenvalue weighted by molar-refractivity contribution is 0.307. The van der Waals surface area contributed by atoms with Gasteiger partial charge < -0.3 is 4.74 Å². The molecule has 0 heterocycles. The van der Waals surface area contributed by atoms with E-state index in [9.17, 15) is 0 Å². The van der Waals surface area contributed by atoms with Gasteiger partial charge in [0.15, 0.2) is 0 Å². The van der Waals surface area contributed by atoms with Gasteiger partial charge in [-0.1, -0.05) is 30.3 Å². The Hall–Kier alpha value is -1.76. The predicted octanol–water partition coefficient (Wildman–Crippen LogP) is 3.25. The summed E-state index contributed by atoms with van der Waals surface area (Å²) in [6, 6.07) is 16.5. The van der Waals surface area contributed by atoms with Crippen LogP contribution in [0.3, 0.4) is 0 Å². The van der Waals surface area contributed by atoms with E-state index in [1.165, 1.54) is 16.7 Å². The van der Waals surface area contributed by atoms with Crippen LogP contribution in [0.5, 0.6) is 5.75 Å². The third kappa shape index (κ3) is 1.37. The Morgan fingerprint density at radius 3 is 2.29 bits per heavy atom. The fraction of sp³-hybridized carbons (Fsp3) is 0.0769. The zero-order valence-electron chi connectivity index (χ0n) is 7.73. The first-order valence-corrected chi connectivity index (χ1v) is 4.74. The Morgan fingerprint density at radius 2 is 1.57 bits per heavy atom. The molecular weight excluding hydrogens is 172 g/mol.